The van der Waals surface area contributed by atoms with Gasteiger partial charge >= 0.3 is 0 Å². The van der Waals surface area contributed by atoms with Gasteiger partial charge in [0.05, 0.1) is 17.6 Å². The van der Waals surface area contributed by atoms with E-state index in [1.165, 1.54) is 16.6 Å². The first-order valence-electron chi connectivity index (χ1n) is 9.62. The molecule has 0 aliphatic rings. The van der Waals surface area contributed by atoms with E-state index in [-0.39, 0.29) is 0 Å². The average Bonchev–Trinajstić information content (AvgIpc) is 3.08. The van der Waals surface area contributed by atoms with Crippen LogP contribution in [0.3, 0.4) is 0 Å². The van der Waals surface area contributed by atoms with Gasteiger partial charge in [0.1, 0.15) is 11.6 Å². The smallest absolute Gasteiger partial charge is 0.141 e. The number of aryl methyl sites for hydroxylation is 2. The number of nitrogens with zero attached hydrogens (tertiary/aromatic N) is 2. The van der Waals surface area contributed by atoms with Crippen molar-refractivity contribution in [3.8, 4) is 17.1 Å². The molecule has 0 bridgehead atoms. The molecule has 0 spiro atoms. The second-order valence-electron chi connectivity index (χ2n) is 6.90. The van der Waals surface area contributed by atoms with Crippen molar-refractivity contribution in [2.45, 2.75) is 26.3 Å². The fourth-order valence-electron chi connectivity index (χ4n) is 3.42. The monoisotopic (exact) mass is 390 g/mol. The van der Waals surface area contributed by atoms with Crippen molar-refractivity contribution < 1.29 is 4.74 Å². The maximum atomic E-state index is 5.91. The molecule has 3 nitrogen and oxygen atoms in total. The number of hydrogen-bond acceptors (Lipinski definition) is 2. The minimum Gasteiger partial charge on any atom is -0.494 e. The van der Waals surface area contributed by atoms with E-state index in [1.807, 2.05) is 30.3 Å². The quantitative estimate of drug-likeness (QED) is 0.335. The van der Waals surface area contributed by atoms with Gasteiger partial charge in [-0.25, -0.2) is 4.98 Å². The number of aromatic nitrogens is 2. The number of unbranched alkanes of at least 4 members (excludes halogenated alkanes) is 1. The molecule has 0 N–H and O–H groups in total. The summed E-state index contributed by atoms with van der Waals surface area (Å²) in [7, 11) is 0. The predicted octanol–water partition coefficient (Wildman–Crippen LogP) is 6.52. The zero-order valence-electron chi connectivity index (χ0n) is 15.9. The third-order valence-corrected chi connectivity index (χ3v) is 5.15. The Balaban J connectivity index is 1.47. The molecule has 1 heterocycles. The first kappa shape index (κ1) is 18.6. The van der Waals surface area contributed by atoms with Crippen LogP contribution in [0.4, 0.5) is 0 Å². The molecule has 142 valence electrons. The van der Waals surface area contributed by atoms with Crippen molar-refractivity contribution >= 4 is 22.6 Å². The normalized spacial score (nSPS) is 11.1. The van der Waals surface area contributed by atoms with Crippen molar-refractivity contribution in [3.63, 3.8) is 0 Å². The lowest BCUT2D eigenvalue weighted by Gasteiger charge is -2.11. The Morgan fingerprint density at radius 2 is 1.64 bits per heavy atom. The molecule has 0 aliphatic heterocycles. The zero-order valence-corrected chi connectivity index (χ0v) is 16.7. The van der Waals surface area contributed by atoms with Crippen molar-refractivity contribution in [2.24, 2.45) is 0 Å². The van der Waals surface area contributed by atoms with E-state index in [2.05, 4.69) is 54.0 Å². The fraction of sp³-hybridized carbons (Fsp3) is 0.208. The Morgan fingerprint density at radius 3 is 2.46 bits per heavy atom. The van der Waals surface area contributed by atoms with E-state index in [0.29, 0.717) is 6.61 Å². The summed E-state index contributed by atoms with van der Waals surface area (Å²) >= 11 is 5.91. The molecule has 4 rings (SSSR count). The Hall–Kier alpha value is -2.78. The number of halogens is 1. The largest absolute Gasteiger partial charge is 0.494 e. The van der Waals surface area contributed by atoms with E-state index in [9.17, 15) is 0 Å². The molecular formula is C24H23ClN2O. The highest BCUT2D eigenvalue weighted by Gasteiger charge is 2.13. The highest BCUT2D eigenvalue weighted by atomic mass is 35.5. The van der Waals surface area contributed by atoms with Gasteiger partial charge in [-0.05, 0) is 61.7 Å². The molecule has 0 radical (unpaired) electrons. The Kier molecular flexibility index (Phi) is 5.63. The van der Waals surface area contributed by atoms with Crippen molar-refractivity contribution in [1.82, 2.24) is 9.55 Å². The summed E-state index contributed by atoms with van der Waals surface area (Å²) in [5, 5.41) is 0.725. The summed E-state index contributed by atoms with van der Waals surface area (Å²) < 4.78 is 8.15. The summed E-state index contributed by atoms with van der Waals surface area (Å²) in [6.07, 6.45) is 2.00. The topological polar surface area (TPSA) is 27.1 Å². The van der Waals surface area contributed by atoms with Crippen LogP contribution >= 0.6 is 11.6 Å². The van der Waals surface area contributed by atoms with Crippen molar-refractivity contribution in [3.05, 3.63) is 83.4 Å². The SMILES string of the molecule is Cc1ccccc1-c1nc2ccccc2n1CCCCOc1ccc(Cl)cc1. The maximum Gasteiger partial charge on any atom is 0.141 e. The lowest BCUT2D eigenvalue weighted by molar-refractivity contribution is 0.303. The zero-order chi connectivity index (χ0) is 19.3. The van der Waals surface area contributed by atoms with Crippen LogP contribution in [0.5, 0.6) is 5.75 Å². The molecule has 0 aliphatic carbocycles. The summed E-state index contributed by atoms with van der Waals surface area (Å²) in [4.78, 5) is 4.92. The number of fused-ring (bicyclic) bond motifs is 1. The minimum atomic E-state index is 0.688. The number of para-hydroxylation sites is 2. The van der Waals surface area contributed by atoms with Crippen LogP contribution in [0.15, 0.2) is 72.8 Å². The van der Waals surface area contributed by atoms with Crippen LogP contribution in [0, 0.1) is 6.92 Å². The number of hydrogen-bond donors (Lipinski definition) is 0. The van der Waals surface area contributed by atoms with E-state index in [4.69, 9.17) is 21.3 Å². The average molecular weight is 391 g/mol. The summed E-state index contributed by atoms with van der Waals surface area (Å²) in [6, 6.07) is 24.3. The van der Waals surface area contributed by atoms with E-state index in [0.717, 1.165) is 41.5 Å². The summed E-state index contributed by atoms with van der Waals surface area (Å²) in [5.74, 6) is 1.90. The first-order valence-corrected chi connectivity index (χ1v) is 10.00. The molecule has 4 heteroatoms. The highest BCUT2D eigenvalue weighted by molar-refractivity contribution is 6.30. The van der Waals surface area contributed by atoms with Gasteiger partial charge < -0.3 is 9.30 Å². The molecule has 1 aromatic heterocycles. The molecule has 28 heavy (non-hydrogen) atoms. The van der Waals surface area contributed by atoms with Gasteiger partial charge in [-0.2, -0.15) is 0 Å². The maximum absolute atomic E-state index is 5.91. The number of imidazole rings is 1. The molecule has 3 aromatic carbocycles. The molecule has 0 fully saturated rings. The van der Waals surface area contributed by atoms with Gasteiger partial charge in [-0.15, -0.1) is 0 Å². The highest BCUT2D eigenvalue weighted by Crippen LogP contribution is 2.27. The van der Waals surface area contributed by atoms with Gasteiger partial charge in [0, 0.05) is 17.1 Å². The van der Waals surface area contributed by atoms with Gasteiger partial charge in [0.25, 0.3) is 0 Å². The van der Waals surface area contributed by atoms with Gasteiger partial charge in [-0.3, -0.25) is 0 Å². The molecule has 4 aromatic rings. The van der Waals surface area contributed by atoms with Crippen LogP contribution in [-0.2, 0) is 6.54 Å². The standard InChI is InChI=1S/C24H23ClN2O/c1-18-8-2-3-9-21(18)24-26-22-10-4-5-11-23(22)27(24)16-6-7-17-28-20-14-12-19(25)13-15-20/h2-5,8-15H,6-7,16-17H2,1H3. The van der Waals surface area contributed by atoms with E-state index >= 15 is 0 Å². The lowest BCUT2D eigenvalue weighted by atomic mass is 10.1. The number of rotatable bonds is 7. The molecule has 0 saturated carbocycles. The fourth-order valence-corrected chi connectivity index (χ4v) is 3.55. The van der Waals surface area contributed by atoms with Crippen molar-refractivity contribution in [1.29, 1.82) is 0 Å². The first-order chi connectivity index (χ1) is 13.7. The summed E-state index contributed by atoms with van der Waals surface area (Å²) in [6.45, 7) is 3.74. The minimum absolute atomic E-state index is 0.688. The molecule has 0 saturated heterocycles. The van der Waals surface area contributed by atoms with Gasteiger partial charge in [0.15, 0.2) is 0 Å². The number of benzene rings is 3. The van der Waals surface area contributed by atoms with Gasteiger partial charge in [-0.1, -0.05) is 48.0 Å². The van der Waals surface area contributed by atoms with Gasteiger partial charge in [0.2, 0.25) is 0 Å². The molecule has 0 atom stereocenters. The van der Waals surface area contributed by atoms with Crippen LogP contribution in [0.25, 0.3) is 22.4 Å². The molecule has 0 unspecified atom stereocenters. The predicted molar refractivity (Wildman–Crippen MR) is 116 cm³/mol. The van der Waals surface area contributed by atoms with Crippen LogP contribution < -0.4 is 4.74 Å². The van der Waals surface area contributed by atoms with Crippen LogP contribution in [-0.4, -0.2) is 16.2 Å². The Labute approximate surface area is 170 Å². The van der Waals surface area contributed by atoms with Crippen LogP contribution in [0.1, 0.15) is 18.4 Å². The summed E-state index contributed by atoms with van der Waals surface area (Å²) in [5.41, 5.74) is 4.65. The Morgan fingerprint density at radius 1 is 0.893 bits per heavy atom. The number of ether oxygens (including phenoxy) is 1. The second-order valence-corrected chi connectivity index (χ2v) is 7.34. The third kappa shape index (κ3) is 4.05. The van der Waals surface area contributed by atoms with E-state index < -0.39 is 0 Å². The third-order valence-electron chi connectivity index (χ3n) is 4.90. The molecule has 0 amide bonds. The lowest BCUT2D eigenvalue weighted by Crippen LogP contribution is -2.04. The van der Waals surface area contributed by atoms with Crippen LogP contribution in [0.2, 0.25) is 5.02 Å². The Bertz CT molecular complexity index is 1070. The molecular weight excluding hydrogens is 368 g/mol. The second kappa shape index (κ2) is 8.49. The van der Waals surface area contributed by atoms with E-state index in [1.54, 1.807) is 0 Å². The van der Waals surface area contributed by atoms with Crippen molar-refractivity contribution in [2.75, 3.05) is 6.61 Å².